The molecule has 1 aliphatic heterocycles. The fourth-order valence-electron chi connectivity index (χ4n) is 3.25. The van der Waals surface area contributed by atoms with E-state index < -0.39 is 29.3 Å². The Morgan fingerprint density at radius 2 is 1.96 bits per heavy atom. The first-order valence-corrected chi connectivity index (χ1v) is 7.48. The molecule has 6 heteroatoms. The number of para-hydroxylation sites is 1. The van der Waals surface area contributed by atoms with Gasteiger partial charge < -0.3 is 15.3 Å². The summed E-state index contributed by atoms with van der Waals surface area (Å²) in [6, 6.07) is 12.3. The molecule has 0 aromatic heterocycles. The van der Waals surface area contributed by atoms with Crippen molar-refractivity contribution >= 4 is 17.5 Å². The van der Waals surface area contributed by atoms with E-state index in [0.29, 0.717) is 11.3 Å². The molecule has 5 nitrogen and oxygen atoms in total. The van der Waals surface area contributed by atoms with Crippen LogP contribution in [-0.4, -0.2) is 24.0 Å². The third-order valence-electron chi connectivity index (χ3n) is 4.28. The van der Waals surface area contributed by atoms with Crippen LogP contribution in [0.1, 0.15) is 24.2 Å². The third-order valence-corrected chi connectivity index (χ3v) is 4.28. The first-order chi connectivity index (χ1) is 11.4. The molecular weight excluding hydrogens is 311 g/mol. The van der Waals surface area contributed by atoms with Crippen LogP contribution in [0.2, 0.25) is 0 Å². The minimum Gasteiger partial charge on any atom is -0.385 e. The molecule has 0 aliphatic carbocycles. The summed E-state index contributed by atoms with van der Waals surface area (Å²) >= 11 is 0. The van der Waals surface area contributed by atoms with E-state index in [1.165, 1.54) is 30.0 Å². The predicted octanol–water partition coefficient (Wildman–Crippen LogP) is 1.87. The molecule has 2 N–H and O–H groups in total. The first-order valence-electron chi connectivity index (χ1n) is 7.48. The number of hydrogen-bond acceptors (Lipinski definition) is 3. The van der Waals surface area contributed by atoms with Gasteiger partial charge >= 0.3 is 0 Å². The van der Waals surface area contributed by atoms with Gasteiger partial charge in [-0.2, -0.15) is 0 Å². The van der Waals surface area contributed by atoms with Crippen LogP contribution >= 0.6 is 0 Å². The fraction of sp³-hybridized carbons (Fsp3) is 0.222. The maximum atomic E-state index is 13.6. The van der Waals surface area contributed by atoms with E-state index in [1.54, 1.807) is 31.3 Å². The van der Waals surface area contributed by atoms with Crippen LogP contribution in [0.15, 0.2) is 48.5 Å². The zero-order valence-corrected chi connectivity index (χ0v) is 13.3. The number of carbonyl (C=O) groups excluding carboxylic acids is 2. The Morgan fingerprint density at radius 1 is 1.25 bits per heavy atom. The molecule has 1 aliphatic rings. The Kier molecular flexibility index (Phi) is 3.85. The van der Waals surface area contributed by atoms with Gasteiger partial charge in [0.1, 0.15) is 11.9 Å². The lowest BCUT2D eigenvalue weighted by atomic mass is 9.82. The molecule has 124 valence electrons. The molecule has 24 heavy (non-hydrogen) atoms. The number of aliphatic hydroxyl groups excluding tert-OH is 1. The van der Waals surface area contributed by atoms with E-state index in [0.717, 1.165) is 6.07 Å². The average Bonchev–Trinajstić information content (AvgIpc) is 2.77. The minimum absolute atomic E-state index is 0.210. The number of benzene rings is 2. The van der Waals surface area contributed by atoms with Crippen molar-refractivity contribution in [1.82, 2.24) is 5.32 Å². The third kappa shape index (κ3) is 2.27. The molecule has 2 atom stereocenters. The zero-order chi connectivity index (χ0) is 17.5. The van der Waals surface area contributed by atoms with Crippen molar-refractivity contribution < 1.29 is 19.1 Å². The summed E-state index contributed by atoms with van der Waals surface area (Å²) in [5.74, 6) is -1.48. The Balaban J connectivity index is 2.23. The highest BCUT2D eigenvalue weighted by Crippen LogP contribution is 2.46. The number of halogens is 1. The van der Waals surface area contributed by atoms with Crippen LogP contribution in [0, 0.1) is 5.82 Å². The smallest absolute Gasteiger partial charge is 0.260 e. The van der Waals surface area contributed by atoms with E-state index in [1.807, 2.05) is 0 Å². The second-order valence-corrected chi connectivity index (χ2v) is 5.83. The topological polar surface area (TPSA) is 69.6 Å². The standard InChI is InChI=1S/C18H17FN2O3/c1-11(22)20-18(16(23)12-6-5-7-13(19)10-12)14-8-3-4-9-15(14)21(2)17(18)24/h3-10,16,23H,1-2H3,(H,20,22)/t16-,18-/m1/s1. The Morgan fingerprint density at radius 3 is 2.62 bits per heavy atom. The lowest BCUT2D eigenvalue weighted by Crippen LogP contribution is -2.55. The predicted molar refractivity (Wildman–Crippen MR) is 86.7 cm³/mol. The van der Waals surface area contributed by atoms with Crippen molar-refractivity contribution in [3.05, 3.63) is 65.5 Å². The number of anilines is 1. The van der Waals surface area contributed by atoms with Gasteiger partial charge in [-0.3, -0.25) is 9.59 Å². The van der Waals surface area contributed by atoms with Crippen molar-refractivity contribution in [3.63, 3.8) is 0 Å². The van der Waals surface area contributed by atoms with Crippen molar-refractivity contribution in [2.45, 2.75) is 18.6 Å². The molecule has 2 amide bonds. The Hall–Kier alpha value is -2.73. The molecule has 1 heterocycles. The van der Waals surface area contributed by atoms with Gasteiger partial charge in [0, 0.05) is 25.2 Å². The Bertz CT molecular complexity index is 823. The molecule has 2 aromatic rings. The lowest BCUT2D eigenvalue weighted by molar-refractivity contribution is -0.135. The maximum absolute atomic E-state index is 13.6. The highest BCUT2D eigenvalue weighted by Gasteiger charge is 2.55. The normalized spacial score (nSPS) is 20.7. The summed E-state index contributed by atoms with van der Waals surface area (Å²) in [5.41, 5.74) is -0.413. The van der Waals surface area contributed by atoms with E-state index in [4.69, 9.17) is 0 Å². The van der Waals surface area contributed by atoms with Gasteiger partial charge in [-0.05, 0) is 23.8 Å². The molecule has 0 saturated carbocycles. The second-order valence-electron chi connectivity index (χ2n) is 5.83. The van der Waals surface area contributed by atoms with Gasteiger partial charge in [-0.25, -0.2) is 4.39 Å². The molecule has 3 rings (SSSR count). The minimum atomic E-state index is -1.69. The van der Waals surface area contributed by atoms with E-state index in [9.17, 15) is 19.1 Å². The number of nitrogens with zero attached hydrogens (tertiary/aromatic N) is 1. The summed E-state index contributed by atoms with van der Waals surface area (Å²) in [7, 11) is 1.57. The lowest BCUT2D eigenvalue weighted by Gasteiger charge is -2.34. The van der Waals surface area contributed by atoms with Crippen LogP contribution in [0.4, 0.5) is 10.1 Å². The number of fused-ring (bicyclic) bond motifs is 1. The highest BCUT2D eigenvalue weighted by atomic mass is 19.1. The van der Waals surface area contributed by atoms with Gasteiger partial charge in [-0.15, -0.1) is 0 Å². The van der Waals surface area contributed by atoms with Gasteiger partial charge in [0.2, 0.25) is 5.91 Å². The summed E-state index contributed by atoms with van der Waals surface area (Å²) in [4.78, 5) is 26.2. The molecule has 0 bridgehead atoms. The molecular formula is C18H17FN2O3. The molecule has 0 fully saturated rings. The van der Waals surface area contributed by atoms with Gasteiger partial charge in [0.15, 0.2) is 5.54 Å². The second kappa shape index (κ2) is 5.72. The summed E-state index contributed by atoms with van der Waals surface area (Å²) in [6.45, 7) is 1.27. The number of rotatable bonds is 3. The monoisotopic (exact) mass is 328 g/mol. The van der Waals surface area contributed by atoms with Crippen molar-refractivity contribution in [2.24, 2.45) is 0 Å². The fourth-order valence-corrected chi connectivity index (χ4v) is 3.25. The molecule has 0 saturated heterocycles. The van der Waals surface area contributed by atoms with Gasteiger partial charge in [-0.1, -0.05) is 30.3 Å². The summed E-state index contributed by atoms with van der Waals surface area (Å²) in [6.07, 6.45) is -1.43. The van der Waals surface area contributed by atoms with Crippen LogP contribution in [-0.2, 0) is 15.1 Å². The number of aliphatic hydroxyl groups is 1. The van der Waals surface area contributed by atoms with Crippen molar-refractivity contribution in [3.8, 4) is 0 Å². The van der Waals surface area contributed by atoms with E-state index in [2.05, 4.69) is 5.32 Å². The number of likely N-dealkylation sites (N-methyl/N-ethyl adjacent to an activating group) is 1. The van der Waals surface area contributed by atoms with Crippen molar-refractivity contribution in [1.29, 1.82) is 0 Å². The quantitative estimate of drug-likeness (QED) is 0.904. The Labute approximate surface area is 138 Å². The van der Waals surface area contributed by atoms with Crippen LogP contribution in [0.3, 0.4) is 0 Å². The number of amides is 2. The van der Waals surface area contributed by atoms with Gasteiger partial charge in [0.05, 0.1) is 0 Å². The average molecular weight is 328 g/mol. The van der Waals surface area contributed by atoms with Crippen LogP contribution in [0.5, 0.6) is 0 Å². The molecule has 0 radical (unpaired) electrons. The maximum Gasteiger partial charge on any atom is 0.260 e. The highest BCUT2D eigenvalue weighted by molar-refractivity contribution is 6.09. The summed E-state index contributed by atoms with van der Waals surface area (Å²) < 4.78 is 13.6. The van der Waals surface area contributed by atoms with Crippen LogP contribution in [0.25, 0.3) is 0 Å². The molecule has 0 unspecified atom stereocenters. The zero-order valence-electron chi connectivity index (χ0n) is 13.3. The molecule has 0 spiro atoms. The number of hydrogen-bond donors (Lipinski definition) is 2. The van der Waals surface area contributed by atoms with Gasteiger partial charge in [0.25, 0.3) is 5.91 Å². The van der Waals surface area contributed by atoms with Crippen LogP contribution < -0.4 is 10.2 Å². The van der Waals surface area contributed by atoms with Crippen molar-refractivity contribution in [2.75, 3.05) is 11.9 Å². The largest absolute Gasteiger partial charge is 0.385 e. The summed E-state index contributed by atoms with van der Waals surface area (Å²) in [5, 5.41) is 13.6. The van der Waals surface area contributed by atoms with E-state index >= 15 is 0 Å². The molecule has 2 aromatic carbocycles. The SMILES string of the molecule is CC(=O)N[C@]1([C@H](O)c2cccc(F)c2)C(=O)N(C)c2ccccc21. The first kappa shape index (κ1) is 16.1. The van der Waals surface area contributed by atoms with E-state index in [-0.39, 0.29) is 5.56 Å². The number of carbonyl (C=O) groups is 2. The number of nitrogens with one attached hydrogen (secondary N) is 1.